The summed E-state index contributed by atoms with van der Waals surface area (Å²) in [6, 6.07) is 0.433. The van der Waals surface area contributed by atoms with E-state index in [0.717, 1.165) is 6.42 Å². The summed E-state index contributed by atoms with van der Waals surface area (Å²) >= 11 is 0. The second kappa shape index (κ2) is 4.49. The molecule has 0 radical (unpaired) electrons. The summed E-state index contributed by atoms with van der Waals surface area (Å²) in [5.74, 6) is 0.637. The topological polar surface area (TPSA) is 32.3 Å². The van der Waals surface area contributed by atoms with Crippen LogP contribution in [0.25, 0.3) is 0 Å². The molecule has 2 atom stereocenters. The predicted molar refractivity (Wildman–Crippen MR) is 53.6 cm³/mol. The molecule has 1 fully saturated rings. The number of rotatable bonds is 1. The van der Waals surface area contributed by atoms with E-state index >= 15 is 0 Å². The van der Waals surface area contributed by atoms with Crippen molar-refractivity contribution in [1.29, 1.82) is 0 Å². The average molecular weight is 184 g/mol. The molecule has 1 saturated carbocycles. The third-order valence-electron chi connectivity index (χ3n) is 2.83. The molecule has 1 aliphatic carbocycles. The van der Waals surface area contributed by atoms with Gasteiger partial charge in [-0.05, 0) is 18.8 Å². The molecule has 0 aromatic rings. The van der Waals surface area contributed by atoms with Crippen molar-refractivity contribution >= 4 is 6.03 Å². The third-order valence-corrected chi connectivity index (χ3v) is 2.83. The van der Waals surface area contributed by atoms with Crippen molar-refractivity contribution < 1.29 is 4.79 Å². The molecule has 2 amide bonds. The summed E-state index contributed by atoms with van der Waals surface area (Å²) in [5, 5.41) is 3.06. The highest BCUT2D eigenvalue weighted by molar-refractivity contribution is 5.73. The van der Waals surface area contributed by atoms with Gasteiger partial charge in [0.05, 0.1) is 0 Å². The van der Waals surface area contributed by atoms with E-state index in [4.69, 9.17) is 0 Å². The summed E-state index contributed by atoms with van der Waals surface area (Å²) in [7, 11) is 3.56. The molecule has 76 valence electrons. The van der Waals surface area contributed by atoms with Crippen molar-refractivity contribution in [2.75, 3.05) is 14.1 Å². The van der Waals surface area contributed by atoms with Crippen LogP contribution in [0.4, 0.5) is 4.79 Å². The maximum atomic E-state index is 11.4. The van der Waals surface area contributed by atoms with Gasteiger partial charge in [0.1, 0.15) is 0 Å². The highest BCUT2D eigenvalue weighted by atomic mass is 16.2. The standard InChI is InChI=1S/C10H20N2O/c1-8-6-4-5-7-9(8)11-10(13)12(2)3/h8-9H,4-7H2,1-3H3,(H,11,13)/t8-,9-/m1/s1. The first-order valence-electron chi connectivity index (χ1n) is 5.09. The second-order valence-corrected chi connectivity index (χ2v) is 4.21. The van der Waals surface area contributed by atoms with Gasteiger partial charge in [-0.25, -0.2) is 4.79 Å². The molecule has 0 saturated heterocycles. The molecule has 0 unspecified atom stereocenters. The quantitative estimate of drug-likeness (QED) is 0.662. The summed E-state index contributed by atoms with van der Waals surface area (Å²) in [5.41, 5.74) is 0. The lowest BCUT2D eigenvalue weighted by Crippen LogP contribution is -2.45. The lowest BCUT2D eigenvalue weighted by molar-refractivity contribution is 0.199. The van der Waals surface area contributed by atoms with Crippen molar-refractivity contribution in [3.05, 3.63) is 0 Å². The first kappa shape index (κ1) is 10.4. The summed E-state index contributed by atoms with van der Waals surface area (Å²) in [4.78, 5) is 13.0. The molecule has 0 spiro atoms. The Labute approximate surface area is 80.5 Å². The van der Waals surface area contributed by atoms with Crippen LogP contribution in [0.1, 0.15) is 32.6 Å². The fraction of sp³-hybridized carbons (Fsp3) is 0.900. The van der Waals surface area contributed by atoms with E-state index in [1.807, 2.05) is 0 Å². The molecule has 0 aliphatic heterocycles. The zero-order valence-electron chi connectivity index (χ0n) is 8.84. The minimum atomic E-state index is 0.0405. The number of nitrogens with zero attached hydrogens (tertiary/aromatic N) is 1. The lowest BCUT2D eigenvalue weighted by Gasteiger charge is -2.30. The van der Waals surface area contributed by atoms with Gasteiger partial charge in [-0.1, -0.05) is 19.8 Å². The Morgan fingerprint density at radius 3 is 2.46 bits per heavy atom. The number of carbonyl (C=O) groups is 1. The van der Waals surface area contributed by atoms with E-state index in [9.17, 15) is 4.79 Å². The van der Waals surface area contributed by atoms with Crippen molar-refractivity contribution in [2.24, 2.45) is 5.92 Å². The molecule has 1 N–H and O–H groups in total. The van der Waals surface area contributed by atoms with Crippen LogP contribution < -0.4 is 5.32 Å². The van der Waals surface area contributed by atoms with E-state index in [1.165, 1.54) is 19.3 Å². The van der Waals surface area contributed by atoms with Crippen LogP contribution in [-0.4, -0.2) is 31.1 Å². The van der Waals surface area contributed by atoms with E-state index in [0.29, 0.717) is 12.0 Å². The van der Waals surface area contributed by atoms with Gasteiger partial charge in [0.25, 0.3) is 0 Å². The van der Waals surface area contributed by atoms with Crippen LogP contribution in [-0.2, 0) is 0 Å². The Hall–Kier alpha value is -0.730. The fourth-order valence-electron chi connectivity index (χ4n) is 1.82. The van der Waals surface area contributed by atoms with Crippen molar-refractivity contribution in [3.63, 3.8) is 0 Å². The van der Waals surface area contributed by atoms with Gasteiger partial charge in [0.2, 0.25) is 0 Å². The number of carbonyl (C=O) groups excluding carboxylic acids is 1. The number of hydrogen-bond donors (Lipinski definition) is 1. The van der Waals surface area contributed by atoms with Crippen LogP contribution in [0.3, 0.4) is 0 Å². The molecule has 0 heterocycles. The molecule has 0 aromatic carbocycles. The Morgan fingerprint density at radius 2 is 1.92 bits per heavy atom. The SMILES string of the molecule is C[C@@H]1CCCC[C@H]1NC(=O)N(C)C. The van der Waals surface area contributed by atoms with Crippen LogP contribution in [0, 0.1) is 5.92 Å². The van der Waals surface area contributed by atoms with Crippen LogP contribution in [0.2, 0.25) is 0 Å². The Bertz CT molecular complexity index is 180. The van der Waals surface area contributed by atoms with Crippen LogP contribution in [0.5, 0.6) is 0 Å². The van der Waals surface area contributed by atoms with Gasteiger partial charge in [-0.15, -0.1) is 0 Å². The van der Waals surface area contributed by atoms with Crippen LogP contribution >= 0.6 is 0 Å². The molecular formula is C10H20N2O. The number of amides is 2. The first-order chi connectivity index (χ1) is 6.11. The molecule has 3 nitrogen and oxygen atoms in total. The van der Waals surface area contributed by atoms with Crippen molar-refractivity contribution in [3.8, 4) is 0 Å². The smallest absolute Gasteiger partial charge is 0.317 e. The predicted octanol–water partition coefficient (Wildman–Crippen LogP) is 1.84. The Kier molecular flexibility index (Phi) is 3.58. The highest BCUT2D eigenvalue weighted by Crippen LogP contribution is 2.23. The van der Waals surface area contributed by atoms with E-state index in [-0.39, 0.29) is 6.03 Å². The van der Waals surface area contributed by atoms with Gasteiger partial charge < -0.3 is 10.2 Å². The number of hydrogen-bond acceptors (Lipinski definition) is 1. The first-order valence-corrected chi connectivity index (χ1v) is 5.09. The zero-order chi connectivity index (χ0) is 9.84. The molecule has 13 heavy (non-hydrogen) atoms. The fourth-order valence-corrected chi connectivity index (χ4v) is 1.82. The van der Waals surface area contributed by atoms with Gasteiger partial charge in [0.15, 0.2) is 0 Å². The minimum Gasteiger partial charge on any atom is -0.335 e. The van der Waals surface area contributed by atoms with Gasteiger partial charge in [0, 0.05) is 20.1 Å². The maximum absolute atomic E-state index is 11.4. The summed E-state index contributed by atoms with van der Waals surface area (Å²) in [6.45, 7) is 2.22. The molecular weight excluding hydrogens is 164 g/mol. The van der Waals surface area contributed by atoms with Gasteiger partial charge >= 0.3 is 6.03 Å². The van der Waals surface area contributed by atoms with Crippen molar-refractivity contribution in [1.82, 2.24) is 10.2 Å². The summed E-state index contributed by atoms with van der Waals surface area (Å²) < 4.78 is 0. The third kappa shape index (κ3) is 2.90. The average Bonchev–Trinajstić information content (AvgIpc) is 2.08. The molecule has 0 aromatic heterocycles. The number of urea groups is 1. The lowest BCUT2D eigenvalue weighted by atomic mass is 9.86. The largest absolute Gasteiger partial charge is 0.335 e. The maximum Gasteiger partial charge on any atom is 0.317 e. The monoisotopic (exact) mass is 184 g/mol. The molecule has 3 heteroatoms. The van der Waals surface area contributed by atoms with Gasteiger partial charge in [-0.2, -0.15) is 0 Å². The van der Waals surface area contributed by atoms with Gasteiger partial charge in [-0.3, -0.25) is 0 Å². The highest BCUT2D eigenvalue weighted by Gasteiger charge is 2.22. The summed E-state index contributed by atoms with van der Waals surface area (Å²) in [6.07, 6.45) is 4.96. The molecule has 1 rings (SSSR count). The molecule has 0 bridgehead atoms. The van der Waals surface area contributed by atoms with E-state index < -0.39 is 0 Å². The molecule has 1 aliphatic rings. The van der Waals surface area contributed by atoms with E-state index in [2.05, 4.69) is 12.2 Å². The Morgan fingerprint density at radius 1 is 1.31 bits per heavy atom. The van der Waals surface area contributed by atoms with Crippen molar-refractivity contribution in [2.45, 2.75) is 38.6 Å². The number of nitrogens with one attached hydrogen (secondary N) is 1. The second-order valence-electron chi connectivity index (χ2n) is 4.21. The minimum absolute atomic E-state index is 0.0405. The Balaban J connectivity index is 2.38. The zero-order valence-corrected chi connectivity index (χ0v) is 8.84. The normalized spacial score (nSPS) is 28.2. The van der Waals surface area contributed by atoms with Crippen LogP contribution in [0.15, 0.2) is 0 Å². The van der Waals surface area contributed by atoms with E-state index in [1.54, 1.807) is 19.0 Å².